The molecular formula is C19H14ClN5O4S. The lowest BCUT2D eigenvalue weighted by atomic mass is 10.2. The Morgan fingerprint density at radius 1 is 1.27 bits per heavy atom. The molecule has 1 N–H and O–H groups in total. The first-order valence-corrected chi connectivity index (χ1v) is 10.0. The molecule has 9 nitrogen and oxygen atoms in total. The van der Waals surface area contributed by atoms with Crippen LogP contribution in [0.25, 0.3) is 22.6 Å². The van der Waals surface area contributed by atoms with Gasteiger partial charge in [0.15, 0.2) is 16.7 Å². The number of non-ortho nitro benzene ring substituents is 1. The molecule has 0 aliphatic heterocycles. The van der Waals surface area contributed by atoms with Gasteiger partial charge in [0.05, 0.1) is 10.7 Å². The minimum absolute atomic E-state index is 0.0599. The highest BCUT2D eigenvalue weighted by Crippen LogP contribution is 2.30. The quantitative estimate of drug-likeness (QED) is 0.264. The van der Waals surface area contributed by atoms with E-state index in [4.69, 9.17) is 16.0 Å². The van der Waals surface area contributed by atoms with E-state index in [1.165, 1.54) is 30.0 Å². The number of aromatic nitrogens is 3. The normalized spacial score (nSPS) is 11.0. The molecule has 0 saturated carbocycles. The van der Waals surface area contributed by atoms with Crippen LogP contribution < -0.4 is 5.32 Å². The average molecular weight is 444 g/mol. The molecule has 0 bridgehead atoms. The molecule has 152 valence electrons. The summed E-state index contributed by atoms with van der Waals surface area (Å²) in [5.41, 5.74) is 0.947. The Balaban J connectivity index is 1.44. The number of carbonyl (C=O) groups is 1. The Labute approximate surface area is 179 Å². The average Bonchev–Trinajstić information content (AvgIpc) is 3.29. The van der Waals surface area contributed by atoms with Crippen LogP contribution in [-0.4, -0.2) is 31.3 Å². The summed E-state index contributed by atoms with van der Waals surface area (Å²) in [6.45, 7) is 0. The van der Waals surface area contributed by atoms with E-state index < -0.39 is 4.92 Å². The number of rotatable bonds is 6. The zero-order valence-electron chi connectivity index (χ0n) is 15.5. The molecule has 2 heterocycles. The fourth-order valence-electron chi connectivity index (χ4n) is 2.80. The molecular weight excluding hydrogens is 430 g/mol. The van der Waals surface area contributed by atoms with Crippen molar-refractivity contribution in [1.82, 2.24) is 14.8 Å². The second-order valence-electron chi connectivity index (χ2n) is 6.30. The van der Waals surface area contributed by atoms with Crippen molar-refractivity contribution in [1.29, 1.82) is 0 Å². The Kier molecular flexibility index (Phi) is 5.42. The Hall–Kier alpha value is -3.37. The number of nitrogens with zero attached hydrogens (tertiary/aromatic N) is 4. The van der Waals surface area contributed by atoms with Gasteiger partial charge in [0.2, 0.25) is 5.91 Å². The smallest absolute Gasteiger partial charge is 0.271 e. The van der Waals surface area contributed by atoms with E-state index in [1.807, 2.05) is 6.07 Å². The molecule has 1 amide bonds. The van der Waals surface area contributed by atoms with Gasteiger partial charge in [-0.15, -0.1) is 10.2 Å². The van der Waals surface area contributed by atoms with Crippen LogP contribution in [0.2, 0.25) is 5.02 Å². The van der Waals surface area contributed by atoms with Crippen molar-refractivity contribution in [3.63, 3.8) is 0 Å². The van der Waals surface area contributed by atoms with Crippen molar-refractivity contribution in [2.45, 2.75) is 5.16 Å². The van der Waals surface area contributed by atoms with Gasteiger partial charge in [-0.1, -0.05) is 29.4 Å². The van der Waals surface area contributed by atoms with Crippen LogP contribution in [0.3, 0.4) is 0 Å². The number of hydrogen-bond donors (Lipinski definition) is 1. The maximum atomic E-state index is 12.2. The Morgan fingerprint density at radius 2 is 2.10 bits per heavy atom. The SMILES string of the molecule is Cn1c(SCC(=O)Nc2cccc([N+](=O)[O-])c2)nnc1-c1cc2cc(Cl)ccc2o1. The number of furan rings is 1. The van der Waals surface area contributed by atoms with E-state index in [2.05, 4.69) is 15.5 Å². The Morgan fingerprint density at radius 3 is 2.90 bits per heavy atom. The van der Waals surface area contributed by atoms with Gasteiger partial charge in [0, 0.05) is 35.3 Å². The van der Waals surface area contributed by atoms with Gasteiger partial charge in [-0.3, -0.25) is 14.9 Å². The predicted octanol–water partition coefficient (Wildman–Crippen LogP) is 4.52. The summed E-state index contributed by atoms with van der Waals surface area (Å²) >= 11 is 7.20. The highest BCUT2D eigenvalue weighted by atomic mass is 35.5. The van der Waals surface area contributed by atoms with Crippen LogP contribution in [-0.2, 0) is 11.8 Å². The minimum atomic E-state index is -0.516. The predicted molar refractivity (Wildman–Crippen MR) is 114 cm³/mol. The number of nitro benzene ring substituents is 1. The summed E-state index contributed by atoms with van der Waals surface area (Å²) in [5.74, 6) is 0.798. The standard InChI is InChI=1S/C19H14ClN5O4S/c1-24-18(16-8-11-7-12(20)5-6-15(11)29-16)22-23-19(24)30-10-17(26)21-13-3-2-4-14(9-13)25(27)28/h2-9H,10H2,1H3,(H,21,26). The molecule has 11 heteroatoms. The molecule has 0 saturated heterocycles. The number of amides is 1. The van der Waals surface area contributed by atoms with Gasteiger partial charge in [-0.05, 0) is 30.3 Å². The summed E-state index contributed by atoms with van der Waals surface area (Å²) in [6.07, 6.45) is 0. The van der Waals surface area contributed by atoms with Gasteiger partial charge in [0.1, 0.15) is 5.58 Å². The maximum Gasteiger partial charge on any atom is 0.271 e. The molecule has 0 atom stereocenters. The zero-order chi connectivity index (χ0) is 21.3. The van der Waals surface area contributed by atoms with Gasteiger partial charge >= 0.3 is 0 Å². The number of fused-ring (bicyclic) bond motifs is 1. The lowest BCUT2D eigenvalue weighted by molar-refractivity contribution is -0.384. The highest BCUT2D eigenvalue weighted by molar-refractivity contribution is 7.99. The van der Waals surface area contributed by atoms with E-state index >= 15 is 0 Å². The summed E-state index contributed by atoms with van der Waals surface area (Å²) in [6, 6.07) is 12.9. The molecule has 4 rings (SSSR count). The summed E-state index contributed by atoms with van der Waals surface area (Å²) in [4.78, 5) is 22.5. The summed E-state index contributed by atoms with van der Waals surface area (Å²) in [5, 5.41) is 23.7. The van der Waals surface area contributed by atoms with Crippen LogP contribution in [0.1, 0.15) is 0 Å². The minimum Gasteiger partial charge on any atom is -0.453 e. The third-order valence-electron chi connectivity index (χ3n) is 4.21. The Bertz CT molecular complexity index is 1270. The third-order valence-corrected chi connectivity index (χ3v) is 5.46. The summed E-state index contributed by atoms with van der Waals surface area (Å²) in [7, 11) is 1.77. The van der Waals surface area contributed by atoms with Crippen molar-refractivity contribution < 1.29 is 14.1 Å². The molecule has 0 aliphatic rings. The van der Waals surface area contributed by atoms with E-state index in [0.29, 0.717) is 33.0 Å². The maximum absolute atomic E-state index is 12.2. The van der Waals surface area contributed by atoms with E-state index in [9.17, 15) is 14.9 Å². The number of anilines is 1. The van der Waals surface area contributed by atoms with Gasteiger partial charge in [-0.25, -0.2) is 0 Å². The molecule has 0 spiro atoms. The van der Waals surface area contributed by atoms with Crippen molar-refractivity contribution in [3.8, 4) is 11.6 Å². The van der Waals surface area contributed by atoms with Crippen LogP contribution in [0.15, 0.2) is 58.1 Å². The topological polar surface area (TPSA) is 116 Å². The molecule has 0 unspecified atom stereocenters. The second-order valence-corrected chi connectivity index (χ2v) is 7.68. The number of nitrogens with one attached hydrogen (secondary N) is 1. The van der Waals surface area contributed by atoms with Crippen LogP contribution in [0.4, 0.5) is 11.4 Å². The molecule has 4 aromatic rings. The lowest BCUT2D eigenvalue weighted by Gasteiger charge is -2.05. The summed E-state index contributed by atoms with van der Waals surface area (Å²) < 4.78 is 7.54. The molecule has 0 aliphatic carbocycles. The second kappa shape index (κ2) is 8.17. The van der Waals surface area contributed by atoms with Crippen molar-refractivity contribution >= 4 is 51.6 Å². The van der Waals surface area contributed by atoms with Crippen LogP contribution in [0, 0.1) is 10.1 Å². The molecule has 0 radical (unpaired) electrons. The van der Waals surface area contributed by atoms with E-state index in [-0.39, 0.29) is 17.3 Å². The number of benzene rings is 2. The first-order chi connectivity index (χ1) is 14.4. The third kappa shape index (κ3) is 4.14. The number of halogens is 1. The van der Waals surface area contributed by atoms with Gasteiger partial charge in [-0.2, -0.15) is 0 Å². The zero-order valence-corrected chi connectivity index (χ0v) is 17.1. The number of hydrogen-bond acceptors (Lipinski definition) is 7. The largest absolute Gasteiger partial charge is 0.453 e. The highest BCUT2D eigenvalue weighted by Gasteiger charge is 2.17. The molecule has 2 aromatic heterocycles. The first-order valence-electron chi connectivity index (χ1n) is 8.66. The fraction of sp³-hybridized carbons (Fsp3) is 0.105. The van der Waals surface area contributed by atoms with Crippen molar-refractivity contribution in [2.75, 3.05) is 11.1 Å². The van der Waals surface area contributed by atoms with Crippen molar-refractivity contribution in [3.05, 3.63) is 63.7 Å². The van der Waals surface area contributed by atoms with E-state index in [0.717, 1.165) is 5.39 Å². The van der Waals surface area contributed by atoms with Crippen LogP contribution >= 0.6 is 23.4 Å². The van der Waals surface area contributed by atoms with Crippen molar-refractivity contribution in [2.24, 2.45) is 7.05 Å². The van der Waals surface area contributed by atoms with Gasteiger partial charge in [0.25, 0.3) is 5.69 Å². The fourth-order valence-corrected chi connectivity index (χ4v) is 3.70. The number of thioether (sulfide) groups is 1. The molecule has 2 aromatic carbocycles. The molecule has 30 heavy (non-hydrogen) atoms. The lowest BCUT2D eigenvalue weighted by Crippen LogP contribution is -2.14. The van der Waals surface area contributed by atoms with E-state index in [1.54, 1.807) is 35.9 Å². The first kappa shape index (κ1) is 19.9. The van der Waals surface area contributed by atoms with Crippen LogP contribution in [0.5, 0.6) is 0 Å². The van der Waals surface area contributed by atoms with Gasteiger partial charge < -0.3 is 14.3 Å². The monoisotopic (exact) mass is 443 g/mol. The number of carbonyl (C=O) groups excluding carboxylic acids is 1. The number of nitro groups is 1. The molecule has 0 fully saturated rings.